The van der Waals surface area contributed by atoms with Crippen molar-refractivity contribution >= 4 is 11.4 Å². The van der Waals surface area contributed by atoms with Crippen molar-refractivity contribution in [1.82, 2.24) is 0 Å². The second kappa shape index (κ2) is 5.49. The molecule has 0 spiro atoms. The molecular formula is C14H18N2O2. The van der Waals surface area contributed by atoms with E-state index >= 15 is 0 Å². The van der Waals surface area contributed by atoms with Crippen LogP contribution in [0.2, 0.25) is 0 Å². The van der Waals surface area contributed by atoms with E-state index in [2.05, 4.69) is 0 Å². The number of furan rings is 1. The van der Waals surface area contributed by atoms with Gasteiger partial charge in [0.15, 0.2) is 0 Å². The van der Waals surface area contributed by atoms with E-state index in [4.69, 9.17) is 14.9 Å². The number of benzene rings is 1. The Bertz CT molecular complexity index is 495. The first-order valence-corrected chi connectivity index (χ1v) is 5.97. The van der Waals surface area contributed by atoms with Gasteiger partial charge >= 0.3 is 0 Å². The topological polar surface area (TPSA) is 51.6 Å². The summed E-state index contributed by atoms with van der Waals surface area (Å²) in [4.78, 5) is 2.04. The number of para-hydroxylation sites is 1. The van der Waals surface area contributed by atoms with E-state index in [9.17, 15) is 0 Å². The monoisotopic (exact) mass is 246 g/mol. The standard InChI is InChI=1S/C14H18N2O2/c1-3-17-13-8-4-7-12(14(13)15)16(2)10-11-6-5-9-18-11/h4-9H,3,10,15H2,1-2H3. The van der Waals surface area contributed by atoms with Gasteiger partial charge in [-0.15, -0.1) is 0 Å². The minimum atomic E-state index is 0.607. The fourth-order valence-corrected chi connectivity index (χ4v) is 1.87. The Balaban J connectivity index is 2.19. The van der Waals surface area contributed by atoms with Crippen molar-refractivity contribution < 1.29 is 9.15 Å². The molecule has 0 saturated carbocycles. The molecule has 0 aliphatic heterocycles. The maximum absolute atomic E-state index is 6.10. The molecule has 4 heteroatoms. The van der Waals surface area contributed by atoms with Crippen LogP contribution < -0.4 is 15.4 Å². The van der Waals surface area contributed by atoms with Crippen LogP contribution in [0.1, 0.15) is 12.7 Å². The maximum atomic E-state index is 6.10. The van der Waals surface area contributed by atoms with Gasteiger partial charge in [0, 0.05) is 7.05 Å². The lowest BCUT2D eigenvalue weighted by molar-refractivity contribution is 0.342. The van der Waals surface area contributed by atoms with E-state index in [-0.39, 0.29) is 0 Å². The fraction of sp³-hybridized carbons (Fsp3) is 0.286. The lowest BCUT2D eigenvalue weighted by atomic mass is 10.2. The van der Waals surface area contributed by atoms with Crippen LogP contribution in [-0.2, 0) is 6.54 Å². The first kappa shape index (κ1) is 12.4. The molecule has 2 aromatic rings. The van der Waals surface area contributed by atoms with Crippen LogP contribution in [0.4, 0.5) is 11.4 Å². The fourth-order valence-electron chi connectivity index (χ4n) is 1.87. The van der Waals surface area contributed by atoms with E-state index in [1.54, 1.807) is 6.26 Å². The van der Waals surface area contributed by atoms with Crippen molar-refractivity contribution in [3.05, 3.63) is 42.4 Å². The molecule has 4 nitrogen and oxygen atoms in total. The Morgan fingerprint density at radius 1 is 1.28 bits per heavy atom. The highest BCUT2D eigenvalue weighted by Gasteiger charge is 2.11. The van der Waals surface area contributed by atoms with Gasteiger partial charge in [0.2, 0.25) is 0 Å². The molecule has 0 aliphatic rings. The summed E-state index contributed by atoms with van der Waals surface area (Å²) >= 11 is 0. The summed E-state index contributed by atoms with van der Waals surface area (Å²) in [5, 5.41) is 0. The summed E-state index contributed by atoms with van der Waals surface area (Å²) < 4.78 is 10.8. The SMILES string of the molecule is CCOc1cccc(N(C)Cc2ccco2)c1N. The van der Waals surface area contributed by atoms with Gasteiger partial charge in [0.25, 0.3) is 0 Å². The Kier molecular flexibility index (Phi) is 3.77. The molecule has 0 fully saturated rings. The molecular weight excluding hydrogens is 228 g/mol. The lowest BCUT2D eigenvalue weighted by Gasteiger charge is -2.21. The predicted molar refractivity (Wildman–Crippen MR) is 72.8 cm³/mol. The van der Waals surface area contributed by atoms with Crippen molar-refractivity contribution in [2.45, 2.75) is 13.5 Å². The van der Waals surface area contributed by atoms with Gasteiger partial charge in [-0.25, -0.2) is 0 Å². The highest BCUT2D eigenvalue weighted by molar-refractivity contribution is 5.73. The lowest BCUT2D eigenvalue weighted by Crippen LogP contribution is -2.17. The van der Waals surface area contributed by atoms with Gasteiger partial charge in [-0.2, -0.15) is 0 Å². The second-order valence-corrected chi connectivity index (χ2v) is 4.06. The highest BCUT2D eigenvalue weighted by atomic mass is 16.5. The van der Waals surface area contributed by atoms with Gasteiger partial charge in [0.05, 0.1) is 30.8 Å². The molecule has 0 atom stereocenters. The van der Waals surface area contributed by atoms with Crippen molar-refractivity contribution in [3.8, 4) is 5.75 Å². The molecule has 1 aromatic heterocycles. The van der Waals surface area contributed by atoms with Crippen molar-refractivity contribution in [1.29, 1.82) is 0 Å². The Hall–Kier alpha value is -2.10. The van der Waals surface area contributed by atoms with Crippen molar-refractivity contribution in [2.75, 3.05) is 24.3 Å². The molecule has 0 unspecified atom stereocenters. The van der Waals surface area contributed by atoms with E-state index in [0.29, 0.717) is 18.8 Å². The van der Waals surface area contributed by atoms with Crippen LogP contribution in [-0.4, -0.2) is 13.7 Å². The van der Waals surface area contributed by atoms with Crippen LogP contribution >= 0.6 is 0 Å². The number of hydrogen-bond donors (Lipinski definition) is 1. The first-order chi connectivity index (χ1) is 8.72. The Morgan fingerprint density at radius 3 is 2.78 bits per heavy atom. The van der Waals surface area contributed by atoms with Crippen molar-refractivity contribution in [2.24, 2.45) is 0 Å². The third kappa shape index (κ3) is 2.59. The number of nitrogen functional groups attached to an aromatic ring is 1. The minimum Gasteiger partial charge on any atom is -0.492 e. The van der Waals surface area contributed by atoms with E-state index in [0.717, 1.165) is 17.2 Å². The summed E-state index contributed by atoms with van der Waals surface area (Å²) in [6.07, 6.45) is 1.67. The summed E-state index contributed by atoms with van der Waals surface area (Å²) in [6, 6.07) is 9.61. The van der Waals surface area contributed by atoms with Crippen LogP contribution in [0, 0.1) is 0 Å². The molecule has 18 heavy (non-hydrogen) atoms. The van der Waals surface area contributed by atoms with Gasteiger partial charge in [-0.1, -0.05) is 6.07 Å². The molecule has 1 aromatic carbocycles. The van der Waals surface area contributed by atoms with E-state index in [1.165, 1.54) is 0 Å². The maximum Gasteiger partial charge on any atom is 0.144 e. The van der Waals surface area contributed by atoms with Gasteiger partial charge in [0.1, 0.15) is 11.5 Å². The first-order valence-electron chi connectivity index (χ1n) is 5.97. The van der Waals surface area contributed by atoms with Gasteiger partial charge in [-0.3, -0.25) is 0 Å². The molecule has 0 radical (unpaired) electrons. The molecule has 0 aliphatic carbocycles. The molecule has 1 heterocycles. The van der Waals surface area contributed by atoms with Gasteiger partial charge < -0.3 is 19.8 Å². The van der Waals surface area contributed by atoms with Crippen LogP contribution in [0.15, 0.2) is 41.0 Å². The summed E-state index contributed by atoms with van der Waals surface area (Å²) in [7, 11) is 1.98. The number of anilines is 2. The average molecular weight is 246 g/mol. The third-order valence-electron chi connectivity index (χ3n) is 2.73. The van der Waals surface area contributed by atoms with Gasteiger partial charge in [-0.05, 0) is 31.2 Å². The number of rotatable bonds is 5. The number of hydrogen-bond acceptors (Lipinski definition) is 4. The normalized spacial score (nSPS) is 10.3. The quantitative estimate of drug-likeness (QED) is 0.824. The number of ether oxygens (including phenoxy) is 1. The molecule has 2 N–H and O–H groups in total. The average Bonchev–Trinajstić information content (AvgIpc) is 2.85. The van der Waals surface area contributed by atoms with E-state index < -0.39 is 0 Å². The molecule has 0 amide bonds. The zero-order valence-corrected chi connectivity index (χ0v) is 10.7. The summed E-state index contributed by atoms with van der Waals surface area (Å²) in [5.74, 6) is 1.63. The van der Waals surface area contributed by atoms with Crippen molar-refractivity contribution in [3.63, 3.8) is 0 Å². The molecule has 96 valence electrons. The zero-order chi connectivity index (χ0) is 13.0. The zero-order valence-electron chi connectivity index (χ0n) is 10.7. The van der Waals surface area contributed by atoms with Crippen LogP contribution in [0.3, 0.4) is 0 Å². The van der Waals surface area contributed by atoms with Crippen LogP contribution in [0.5, 0.6) is 5.75 Å². The number of nitrogens with two attached hydrogens (primary N) is 1. The molecule has 0 saturated heterocycles. The predicted octanol–water partition coefficient (Wildman–Crippen LogP) is 2.90. The molecule has 2 rings (SSSR count). The second-order valence-electron chi connectivity index (χ2n) is 4.06. The smallest absolute Gasteiger partial charge is 0.144 e. The third-order valence-corrected chi connectivity index (χ3v) is 2.73. The summed E-state index contributed by atoms with van der Waals surface area (Å²) in [6.45, 7) is 3.22. The Morgan fingerprint density at radius 2 is 2.11 bits per heavy atom. The molecule has 0 bridgehead atoms. The van der Waals surface area contributed by atoms with Crippen LogP contribution in [0.25, 0.3) is 0 Å². The Labute approximate surface area is 107 Å². The largest absolute Gasteiger partial charge is 0.492 e. The minimum absolute atomic E-state index is 0.607. The summed E-state index contributed by atoms with van der Waals surface area (Å²) in [5.41, 5.74) is 7.70. The highest BCUT2D eigenvalue weighted by Crippen LogP contribution is 2.32. The van der Waals surface area contributed by atoms with E-state index in [1.807, 2.05) is 49.2 Å². The number of nitrogens with zero attached hydrogens (tertiary/aromatic N) is 1.